The molecule has 0 saturated heterocycles. The molecule has 0 bridgehead atoms. The minimum Gasteiger partial charge on any atom is -0.362 e. The molecule has 0 spiro atoms. The summed E-state index contributed by atoms with van der Waals surface area (Å²) >= 11 is 1.71. The number of nitrogens with one attached hydrogen (secondary N) is 1. The van der Waals surface area contributed by atoms with E-state index in [4.69, 9.17) is 0 Å². The second-order valence-electron chi connectivity index (χ2n) is 4.42. The highest BCUT2D eigenvalue weighted by atomic mass is 32.1. The average molecular weight is 272 g/mol. The average Bonchev–Trinajstić information content (AvgIpc) is 3.05. The van der Waals surface area contributed by atoms with Gasteiger partial charge in [-0.05, 0) is 18.6 Å². The molecule has 2 heterocycles. The highest BCUT2D eigenvalue weighted by molar-refractivity contribution is 7.15. The lowest BCUT2D eigenvalue weighted by molar-refractivity contribution is 0.836. The van der Waals surface area contributed by atoms with Crippen LogP contribution in [0.5, 0.6) is 0 Å². The minimum atomic E-state index is 0.825. The lowest BCUT2D eigenvalue weighted by Crippen LogP contribution is -1.98. The van der Waals surface area contributed by atoms with Crippen molar-refractivity contribution in [3.63, 3.8) is 0 Å². The van der Waals surface area contributed by atoms with Crippen LogP contribution in [0, 0.1) is 0 Å². The van der Waals surface area contributed by atoms with Crippen molar-refractivity contribution >= 4 is 27.5 Å². The summed E-state index contributed by atoms with van der Waals surface area (Å²) in [6, 6.07) is 8.19. The van der Waals surface area contributed by atoms with Gasteiger partial charge in [-0.3, -0.25) is 0 Å². The number of para-hydroxylation sites is 2. The summed E-state index contributed by atoms with van der Waals surface area (Å²) in [7, 11) is 0. The molecule has 1 aromatic carbocycles. The zero-order valence-electron chi connectivity index (χ0n) is 10.8. The Labute approximate surface area is 116 Å². The summed E-state index contributed by atoms with van der Waals surface area (Å²) in [5.41, 5.74) is 2.20. The van der Waals surface area contributed by atoms with Crippen LogP contribution >= 0.6 is 11.3 Å². The summed E-state index contributed by atoms with van der Waals surface area (Å²) < 4.78 is 2.16. The molecule has 0 fully saturated rings. The number of nitrogens with zero attached hydrogens (tertiary/aromatic N) is 3. The van der Waals surface area contributed by atoms with Gasteiger partial charge in [0.05, 0.1) is 23.9 Å². The number of rotatable bonds is 5. The Morgan fingerprint density at radius 1 is 1.26 bits per heavy atom. The molecule has 1 N–H and O–H groups in total. The second-order valence-corrected chi connectivity index (χ2v) is 5.53. The predicted molar refractivity (Wildman–Crippen MR) is 79.7 cm³/mol. The van der Waals surface area contributed by atoms with Crippen molar-refractivity contribution in [2.75, 3.05) is 11.9 Å². The molecule has 98 valence electrons. The Morgan fingerprint density at radius 2 is 2.16 bits per heavy atom. The first kappa shape index (κ1) is 12.2. The Balaban J connectivity index is 1.79. The zero-order valence-corrected chi connectivity index (χ0v) is 11.7. The van der Waals surface area contributed by atoms with Gasteiger partial charge in [-0.2, -0.15) is 0 Å². The van der Waals surface area contributed by atoms with Crippen LogP contribution in [0.25, 0.3) is 11.0 Å². The molecule has 0 unspecified atom stereocenters. The van der Waals surface area contributed by atoms with Gasteiger partial charge in [0, 0.05) is 17.6 Å². The molecule has 3 rings (SSSR count). The molecule has 2 aromatic heterocycles. The molecule has 0 radical (unpaired) electrons. The van der Waals surface area contributed by atoms with Gasteiger partial charge in [-0.15, -0.1) is 11.3 Å². The molecule has 0 aliphatic rings. The lowest BCUT2D eigenvalue weighted by Gasteiger charge is -2.01. The van der Waals surface area contributed by atoms with Crippen molar-refractivity contribution in [3.8, 4) is 0 Å². The van der Waals surface area contributed by atoms with Crippen molar-refractivity contribution < 1.29 is 0 Å². The first-order chi connectivity index (χ1) is 9.36. The van der Waals surface area contributed by atoms with Crippen molar-refractivity contribution in [1.29, 1.82) is 0 Å². The van der Waals surface area contributed by atoms with Gasteiger partial charge in [-0.25, -0.2) is 9.97 Å². The number of imidazole rings is 1. The third kappa shape index (κ3) is 2.61. The highest BCUT2D eigenvalue weighted by Crippen LogP contribution is 2.21. The maximum atomic E-state index is 4.40. The normalized spacial score (nSPS) is 11.0. The van der Waals surface area contributed by atoms with Crippen LogP contribution in [0.1, 0.15) is 18.2 Å². The molecular formula is C14H16N4S. The Hall–Kier alpha value is -1.88. The summed E-state index contributed by atoms with van der Waals surface area (Å²) in [6.45, 7) is 3.95. The molecule has 4 nitrogen and oxygen atoms in total. The molecule has 3 aromatic rings. The van der Waals surface area contributed by atoms with Crippen molar-refractivity contribution in [3.05, 3.63) is 41.7 Å². The first-order valence-corrected chi connectivity index (χ1v) is 7.27. The van der Waals surface area contributed by atoms with Crippen molar-refractivity contribution in [2.24, 2.45) is 0 Å². The number of benzene rings is 1. The third-order valence-corrected chi connectivity index (χ3v) is 3.87. The van der Waals surface area contributed by atoms with Crippen LogP contribution in [-0.4, -0.2) is 21.1 Å². The second kappa shape index (κ2) is 5.40. The lowest BCUT2D eigenvalue weighted by atomic mass is 10.3. The molecule has 0 aliphatic heterocycles. The van der Waals surface area contributed by atoms with E-state index in [1.165, 1.54) is 10.4 Å². The Kier molecular flexibility index (Phi) is 3.46. The van der Waals surface area contributed by atoms with Crippen LogP contribution in [0.15, 0.2) is 36.8 Å². The standard InChI is InChI=1S/C14H16N4S/c1-2-7-15-14-16-8-11(19-14)9-18-10-17-12-5-3-4-6-13(12)18/h3-6,8,10H,2,7,9H2,1H3,(H,15,16). The fraction of sp³-hybridized carbons (Fsp3) is 0.286. The van der Waals surface area contributed by atoms with Gasteiger partial charge >= 0.3 is 0 Å². The van der Waals surface area contributed by atoms with Gasteiger partial charge in [0.15, 0.2) is 5.13 Å². The fourth-order valence-electron chi connectivity index (χ4n) is 2.00. The summed E-state index contributed by atoms with van der Waals surface area (Å²) in [6.07, 6.45) is 4.95. The SMILES string of the molecule is CCCNc1ncc(Cn2cnc3ccccc32)s1. The van der Waals surface area contributed by atoms with Crippen LogP contribution in [0.2, 0.25) is 0 Å². The van der Waals surface area contributed by atoms with Crippen LogP contribution in [0.3, 0.4) is 0 Å². The summed E-state index contributed by atoms with van der Waals surface area (Å²) in [5, 5.41) is 4.32. The van der Waals surface area contributed by atoms with E-state index in [0.29, 0.717) is 0 Å². The van der Waals surface area contributed by atoms with E-state index in [0.717, 1.165) is 30.2 Å². The molecule has 0 atom stereocenters. The van der Waals surface area contributed by atoms with Crippen LogP contribution in [0.4, 0.5) is 5.13 Å². The predicted octanol–water partition coefficient (Wildman–Crippen LogP) is 3.36. The molecule has 19 heavy (non-hydrogen) atoms. The molecule has 5 heteroatoms. The van der Waals surface area contributed by atoms with Gasteiger partial charge in [0.2, 0.25) is 0 Å². The molecule has 0 amide bonds. The number of fused-ring (bicyclic) bond motifs is 1. The van der Waals surface area contributed by atoms with E-state index in [1.807, 2.05) is 30.7 Å². The van der Waals surface area contributed by atoms with Crippen molar-refractivity contribution in [1.82, 2.24) is 14.5 Å². The Bertz CT molecular complexity index is 671. The quantitative estimate of drug-likeness (QED) is 0.774. The Morgan fingerprint density at radius 3 is 3.05 bits per heavy atom. The number of hydrogen-bond acceptors (Lipinski definition) is 4. The molecule has 0 saturated carbocycles. The monoisotopic (exact) mass is 272 g/mol. The van der Waals surface area contributed by atoms with Gasteiger partial charge in [-0.1, -0.05) is 19.1 Å². The van der Waals surface area contributed by atoms with Gasteiger partial charge in [0.1, 0.15) is 0 Å². The topological polar surface area (TPSA) is 42.7 Å². The highest BCUT2D eigenvalue weighted by Gasteiger charge is 2.05. The van der Waals surface area contributed by atoms with Gasteiger partial charge < -0.3 is 9.88 Å². The van der Waals surface area contributed by atoms with E-state index in [1.54, 1.807) is 11.3 Å². The van der Waals surface area contributed by atoms with Gasteiger partial charge in [0.25, 0.3) is 0 Å². The maximum absolute atomic E-state index is 4.40. The number of thiazole rings is 1. The van der Waals surface area contributed by atoms with Crippen LogP contribution < -0.4 is 5.32 Å². The largest absolute Gasteiger partial charge is 0.362 e. The van der Waals surface area contributed by atoms with Crippen molar-refractivity contribution in [2.45, 2.75) is 19.9 Å². The third-order valence-electron chi connectivity index (χ3n) is 2.93. The smallest absolute Gasteiger partial charge is 0.182 e. The summed E-state index contributed by atoms with van der Waals surface area (Å²) in [4.78, 5) is 10.0. The zero-order chi connectivity index (χ0) is 13.1. The van der Waals surface area contributed by atoms with E-state index in [-0.39, 0.29) is 0 Å². The summed E-state index contributed by atoms with van der Waals surface area (Å²) in [5.74, 6) is 0. The number of anilines is 1. The van der Waals surface area contributed by atoms with E-state index in [2.05, 4.69) is 32.8 Å². The number of hydrogen-bond donors (Lipinski definition) is 1. The van der Waals surface area contributed by atoms with E-state index in [9.17, 15) is 0 Å². The van der Waals surface area contributed by atoms with E-state index < -0.39 is 0 Å². The molecule has 0 aliphatic carbocycles. The molecular weight excluding hydrogens is 256 g/mol. The maximum Gasteiger partial charge on any atom is 0.182 e. The number of aromatic nitrogens is 3. The van der Waals surface area contributed by atoms with E-state index >= 15 is 0 Å². The van der Waals surface area contributed by atoms with Crippen LogP contribution in [-0.2, 0) is 6.54 Å². The first-order valence-electron chi connectivity index (χ1n) is 6.45. The fourth-order valence-corrected chi connectivity index (χ4v) is 2.84. The minimum absolute atomic E-state index is 0.825.